The number of aliphatic hydroxyl groups excluding tert-OH is 1. The Balaban J connectivity index is 3.43. The highest BCUT2D eigenvalue weighted by Gasteiger charge is 2.13. The van der Waals surface area contributed by atoms with Crippen LogP contribution in [-0.2, 0) is 14.3 Å². The molecule has 1 atom stereocenters. The van der Waals surface area contributed by atoms with Crippen molar-refractivity contribution in [3.63, 3.8) is 0 Å². The van der Waals surface area contributed by atoms with E-state index in [0.29, 0.717) is 19.6 Å². The molecule has 0 heterocycles. The van der Waals surface area contributed by atoms with Crippen LogP contribution in [0.15, 0.2) is 48.6 Å². The molecule has 0 spiro atoms. The van der Waals surface area contributed by atoms with Crippen LogP contribution in [0, 0.1) is 0 Å². The predicted octanol–water partition coefficient (Wildman–Crippen LogP) is 14.7. The summed E-state index contributed by atoms with van der Waals surface area (Å²) in [6.07, 6.45) is 57.4. The predicted molar refractivity (Wildman–Crippen MR) is 223 cm³/mol. The highest BCUT2D eigenvalue weighted by molar-refractivity contribution is 5.69. The number of esters is 1. The van der Waals surface area contributed by atoms with Gasteiger partial charge in [0.25, 0.3) is 0 Å². The number of carbonyl (C=O) groups excluding carboxylic acids is 1. The maximum absolute atomic E-state index is 12.2. The maximum atomic E-state index is 12.2. The normalized spacial score (nSPS) is 12.8. The third-order valence-corrected chi connectivity index (χ3v) is 9.63. The molecule has 0 bridgehead atoms. The van der Waals surface area contributed by atoms with Crippen molar-refractivity contribution < 1.29 is 19.4 Å². The third-order valence-electron chi connectivity index (χ3n) is 9.63. The van der Waals surface area contributed by atoms with E-state index in [1.54, 1.807) is 0 Å². The molecule has 4 heteroatoms. The van der Waals surface area contributed by atoms with E-state index in [1.807, 2.05) is 0 Å². The molecule has 0 fully saturated rings. The van der Waals surface area contributed by atoms with E-state index < -0.39 is 6.10 Å². The number of unbranched alkanes of at least 4 members (excludes halogenated alkanes) is 25. The minimum absolute atomic E-state index is 0.174. The number of carbonyl (C=O) groups is 1. The first-order valence-corrected chi connectivity index (χ1v) is 22.2. The molecule has 0 amide bonds. The molecule has 0 aromatic heterocycles. The lowest BCUT2D eigenvalue weighted by molar-refractivity contribution is -0.154. The summed E-state index contributed by atoms with van der Waals surface area (Å²) in [4.78, 5) is 12.2. The Kier molecular flexibility index (Phi) is 43.1. The second kappa shape index (κ2) is 44.5. The van der Waals surface area contributed by atoms with E-state index in [2.05, 4.69) is 62.5 Å². The number of aliphatic hydroxyl groups is 1. The van der Waals surface area contributed by atoms with Crippen molar-refractivity contribution in [3.8, 4) is 0 Å². The molecule has 0 aliphatic heterocycles. The van der Waals surface area contributed by atoms with E-state index in [0.717, 1.165) is 32.1 Å². The average Bonchev–Trinajstić information content (AvgIpc) is 3.14. The Bertz CT molecular complexity index is 798. The first-order valence-electron chi connectivity index (χ1n) is 22.2. The van der Waals surface area contributed by atoms with Crippen LogP contribution in [-0.4, -0.2) is 37.0 Å². The summed E-state index contributed by atoms with van der Waals surface area (Å²) in [5.41, 5.74) is 0. The molecule has 1 N–H and O–H groups in total. The zero-order valence-corrected chi connectivity index (χ0v) is 34.1. The topological polar surface area (TPSA) is 55.8 Å². The van der Waals surface area contributed by atoms with Gasteiger partial charge in [0.15, 0.2) is 0 Å². The second-order valence-electron chi connectivity index (χ2n) is 14.8. The Morgan fingerprint density at radius 1 is 0.471 bits per heavy atom. The summed E-state index contributed by atoms with van der Waals surface area (Å²) >= 11 is 0. The molecule has 0 aliphatic carbocycles. The fraction of sp³-hybridized carbons (Fsp3) is 0.809. The molecule has 0 saturated carbocycles. The van der Waals surface area contributed by atoms with Crippen molar-refractivity contribution in [1.29, 1.82) is 0 Å². The molecule has 1 unspecified atom stereocenters. The molecule has 4 nitrogen and oxygen atoms in total. The first kappa shape index (κ1) is 49.4. The minimum Gasteiger partial charge on any atom is -0.457 e. The first-order chi connectivity index (χ1) is 25.2. The molecular weight excluding hydrogens is 629 g/mol. The van der Waals surface area contributed by atoms with Crippen molar-refractivity contribution >= 4 is 5.97 Å². The van der Waals surface area contributed by atoms with Gasteiger partial charge in [0.1, 0.15) is 6.10 Å². The molecule has 0 radical (unpaired) electrons. The van der Waals surface area contributed by atoms with Gasteiger partial charge in [0.2, 0.25) is 0 Å². The van der Waals surface area contributed by atoms with Crippen molar-refractivity contribution in [2.45, 2.75) is 225 Å². The van der Waals surface area contributed by atoms with E-state index in [1.165, 1.54) is 167 Å². The molecular formula is C47H86O4. The van der Waals surface area contributed by atoms with Crippen molar-refractivity contribution in [2.24, 2.45) is 0 Å². The lowest BCUT2D eigenvalue weighted by Gasteiger charge is -2.16. The third kappa shape index (κ3) is 42.7. The van der Waals surface area contributed by atoms with Crippen molar-refractivity contribution in [1.82, 2.24) is 0 Å². The summed E-state index contributed by atoms with van der Waals surface area (Å²) in [5, 5.41) is 9.61. The van der Waals surface area contributed by atoms with Crippen LogP contribution in [0.25, 0.3) is 0 Å². The van der Waals surface area contributed by atoms with E-state index in [-0.39, 0.29) is 12.6 Å². The molecule has 0 rings (SSSR count). The Hall–Kier alpha value is -1.65. The van der Waals surface area contributed by atoms with Gasteiger partial charge in [-0.25, -0.2) is 0 Å². The number of allylic oxidation sites excluding steroid dienone is 8. The fourth-order valence-corrected chi connectivity index (χ4v) is 6.27. The quantitative estimate of drug-likeness (QED) is 0.0389. The van der Waals surface area contributed by atoms with Gasteiger partial charge in [-0.15, -0.1) is 0 Å². The van der Waals surface area contributed by atoms with Gasteiger partial charge in [-0.05, 0) is 77.0 Å². The maximum Gasteiger partial charge on any atom is 0.306 e. The highest BCUT2D eigenvalue weighted by Crippen LogP contribution is 2.14. The standard InChI is InChI=1S/C47H86O4/c1-3-5-7-9-11-13-15-17-19-21-23-25-27-29-31-33-35-37-39-41-43-50-45-46(44-48)51-47(49)42-40-38-36-34-32-30-28-26-24-22-20-18-16-14-12-10-8-6-4-2/h11-14,17-20,46,48H,3-10,15-16,21-45H2,1-2H3/b13-11-,14-12-,19-17-,20-18-. The number of rotatable bonds is 41. The summed E-state index contributed by atoms with van der Waals surface area (Å²) in [6, 6.07) is 0. The van der Waals surface area contributed by atoms with E-state index in [4.69, 9.17) is 9.47 Å². The van der Waals surface area contributed by atoms with Crippen LogP contribution in [0.1, 0.15) is 219 Å². The van der Waals surface area contributed by atoms with Gasteiger partial charge in [0.05, 0.1) is 13.2 Å². The van der Waals surface area contributed by atoms with Gasteiger partial charge in [-0.2, -0.15) is 0 Å². The van der Waals surface area contributed by atoms with Crippen LogP contribution in [0.3, 0.4) is 0 Å². The molecule has 0 aliphatic rings. The molecule has 0 aromatic rings. The Morgan fingerprint density at radius 2 is 0.824 bits per heavy atom. The Labute approximate surface area is 318 Å². The average molecular weight is 715 g/mol. The summed E-state index contributed by atoms with van der Waals surface area (Å²) < 4.78 is 11.2. The lowest BCUT2D eigenvalue weighted by Crippen LogP contribution is -2.27. The zero-order valence-electron chi connectivity index (χ0n) is 34.1. The smallest absolute Gasteiger partial charge is 0.306 e. The van der Waals surface area contributed by atoms with Crippen LogP contribution >= 0.6 is 0 Å². The number of hydrogen-bond acceptors (Lipinski definition) is 4. The van der Waals surface area contributed by atoms with Crippen LogP contribution in [0.2, 0.25) is 0 Å². The minimum atomic E-state index is -0.538. The molecule has 51 heavy (non-hydrogen) atoms. The van der Waals surface area contributed by atoms with Gasteiger partial charge in [-0.3, -0.25) is 4.79 Å². The number of ether oxygens (including phenoxy) is 2. The highest BCUT2D eigenvalue weighted by atomic mass is 16.6. The fourth-order valence-electron chi connectivity index (χ4n) is 6.27. The van der Waals surface area contributed by atoms with E-state index in [9.17, 15) is 9.90 Å². The second-order valence-corrected chi connectivity index (χ2v) is 14.8. The van der Waals surface area contributed by atoms with Gasteiger partial charge >= 0.3 is 5.97 Å². The SMILES string of the molecule is CCCCC/C=C\C/C=C\CCCCCCCCCCCCOCC(CO)OC(=O)CCCCCCCCCCC/C=C\C/C=C\CCCCC. The van der Waals surface area contributed by atoms with Crippen LogP contribution in [0.5, 0.6) is 0 Å². The zero-order chi connectivity index (χ0) is 37.0. The summed E-state index contributed by atoms with van der Waals surface area (Å²) in [7, 11) is 0. The molecule has 0 saturated heterocycles. The lowest BCUT2D eigenvalue weighted by atomic mass is 10.1. The van der Waals surface area contributed by atoms with Crippen LogP contribution in [0.4, 0.5) is 0 Å². The molecule has 298 valence electrons. The molecule has 0 aromatic carbocycles. The van der Waals surface area contributed by atoms with Crippen molar-refractivity contribution in [2.75, 3.05) is 19.8 Å². The van der Waals surface area contributed by atoms with Crippen molar-refractivity contribution in [3.05, 3.63) is 48.6 Å². The van der Waals surface area contributed by atoms with Gasteiger partial charge in [-0.1, -0.05) is 184 Å². The number of hydrogen-bond donors (Lipinski definition) is 1. The van der Waals surface area contributed by atoms with Crippen LogP contribution < -0.4 is 0 Å². The summed E-state index contributed by atoms with van der Waals surface area (Å²) in [5.74, 6) is -0.206. The summed E-state index contributed by atoms with van der Waals surface area (Å²) in [6.45, 7) is 5.30. The van der Waals surface area contributed by atoms with Gasteiger partial charge in [0, 0.05) is 13.0 Å². The van der Waals surface area contributed by atoms with E-state index >= 15 is 0 Å². The monoisotopic (exact) mass is 715 g/mol. The largest absolute Gasteiger partial charge is 0.457 e. The van der Waals surface area contributed by atoms with Gasteiger partial charge < -0.3 is 14.6 Å². The Morgan fingerprint density at radius 3 is 1.22 bits per heavy atom.